The van der Waals surface area contributed by atoms with Crippen molar-refractivity contribution in [2.75, 3.05) is 0 Å². The Morgan fingerprint density at radius 3 is 2.61 bits per heavy atom. The van der Waals surface area contributed by atoms with E-state index < -0.39 is 0 Å². The van der Waals surface area contributed by atoms with E-state index in [0.29, 0.717) is 6.54 Å². The van der Waals surface area contributed by atoms with Crippen molar-refractivity contribution >= 4 is 29.1 Å². The standard InChI is InChI=1S/C18H18N5/c1-23(16-9-11-20-12-10-16)22-18(19)21-13-15-7-4-6-14-5-2-3-8-17(14)15/h2-12H,1,13H2,(H3,19,21,22)/q+1. The number of nitrogens with one attached hydrogen (secondary N) is 3. The number of pyridine rings is 1. The van der Waals surface area contributed by atoms with Gasteiger partial charge in [-0.1, -0.05) is 47.1 Å². The van der Waals surface area contributed by atoms with E-state index in [2.05, 4.69) is 46.7 Å². The highest BCUT2D eigenvalue weighted by molar-refractivity contribution is 5.86. The lowest BCUT2D eigenvalue weighted by Crippen LogP contribution is -2.40. The largest absolute Gasteiger partial charge is 0.348 e. The molecule has 0 saturated heterocycles. The first-order valence-corrected chi connectivity index (χ1v) is 7.30. The van der Waals surface area contributed by atoms with E-state index in [4.69, 9.17) is 5.41 Å². The third kappa shape index (κ3) is 3.52. The van der Waals surface area contributed by atoms with Crippen LogP contribution in [-0.4, -0.2) is 22.3 Å². The molecular weight excluding hydrogens is 286 g/mol. The zero-order valence-corrected chi connectivity index (χ0v) is 12.7. The van der Waals surface area contributed by atoms with Crippen LogP contribution in [-0.2, 0) is 6.54 Å². The van der Waals surface area contributed by atoms with Crippen LogP contribution >= 0.6 is 0 Å². The fraction of sp³-hybridized carbons (Fsp3) is 0.0556. The molecule has 3 rings (SSSR count). The van der Waals surface area contributed by atoms with Gasteiger partial charge < -0.3 is 5.32 Å². The molecule has 3 aromatic rings. The SMILES string of the molecule is C=[N+](NC(=N)NCc1cccc2ccccc12)c1ccncc1. The summed E-state index contributed by atoms with van der Waals surface area (Å²) in [5.74, 6) is 0.185. The molecule has 0 radical (unpaired) electrons. The summed E-state index contributed by atoms with van der Waals surface area (Å²) < 4.78 is 1.53. The van der Waals surface area contributed by atoms with Gasteiger partial charge in [-0.25, -0.2) is 0 Å². The molecule has 0 aliphatic heterocycles. The molecule has 0 aliphatic carbocycles. The van der Waals surface area contributed by atoms with E-state index in [1.54, 1.807) is 12.4 Å². The smallest absolute Gasteiger partial charge is 0.246 e. The number of aromatic nitrogens is 1. The second-order valence-corrected chi connectivity index (χ2v) is 5.11. The molecule has 2 aromatic carbocycles. The fourth-order valence-electron chi connectivity index (χ4n) is 2.39. The van der Waals surface area contributed by atoms with Crippen LogP contribution in [0.4, 0.5) is 5.69 Å². The van der Waals surface area contributed by atoms with Gasteiger partial charge in [-0.15, -0.1) is 5.43 Å². The molecule has 1 aromatic heterocycles. The van der Waals surface area contributed by atoms with Crippen LogP contribution in [0.25, 0.3) is 10.8 Å². The highest BCUT2D eigenvalue weighted by atomic mass is 15.5. The molecule has 0 fully saturated rings. The Kier molecular flexibility index (Phi) is 4.29. The van der Waals surface area contributed by atoms with Crippen molar-refractivity contribution in [2.45, 2.75) is 6.54 Å². The summed E-state index contributed by atoms with van der Waals surface area (Å²) in [5, 5.41) is 13.5. The van der Waals surface area contributed by atoms with E-state index in [9.17, 15) is 0 Å². The highest BCUT2D eigenvalue weighted by Crippen LogP contribution is 2.18. The lowest BCUT2D eigenvalue weighted by molar-refractivity contribution is -0.479. The van der Waals surface area contributed by atoms with Crippen molar-refractivity contribution < 1.29 is 4.68 Å². The topological polar surface area (TPSA) is 63.8 Å². The normalized spacial score (nSPS) is 10.3. The Hall–Kier alpha value is -3.21. The minimum Gasteiger partial charge on any atom is -0.348 e. The predicted molar refractivity (Wildman–Crippen MR) is 92.9 cm³/mol. The summed E-state index contributed by atoms with van der Waals surface area (Å²) in [6.45, 7) is 4.43. The Morgan fingerprint density at radius 1 is 1.04 bits per heavy atom. The summed E-state index contributed by atoms with van der Waals surface area (Å²) >= 11 is 0. The molecule has 0 unspecified atom stereocenters. The zero-order chi connectivity index (χ0) is 16.1. The van der Waals surface area contributed by atoms with Crippen LogP contribution in [0, 0.1) is 5.41 Å². The molecule has 5 heteroatoms. The van der Waals surface area contributed by atoms with Crippen LogP contribution in [0.2, 0.25) is 0 Å². The minimum atomic E-state index is 0.185. The number of rotatable bonds is 4. The predicted octanol–water partition coefficient (Wildman–Crippen LogP) is 2.81. The van der Waals surface area contributed by atoms with E-state index in [0.717, 1.165) is 11.3 Å². The number of hydrogen-bond acceptors (Lipinski definition) is 2. The van der Waals surface area contributed by atoms with Gasteiger partial charge in [-0.2, -0.15) is 0 Å². The van der Waals surface area contributed by atoms with Crippen LogP contribution in [0.1, 0.15) is 5.56 Å². The Labute approximate surface area is 134 Å². The monoisotopic (exact) mass is 304 g/mol. The number of benzene rings is 2. The van der Waals surface area contributed by atoms with Crippen LogP contribution < -0.4 is 10.7 Å². The zero-order valence-electron chi connectivity index (χ0n) is 12.7. The highest BCUT2D eigenvalue weighted by Gasteiger charge is 2.08. The lowest BCUT2D eigenvalue weighted by Gasteiger charge is -2.10. The molecular formula is C18H18N5+. The molecule has 23 heavy (non-hydrogen) atoms. The molecule has 1 heterocycles. The Balaban J connectivity index is 1.64. The molecule has 0 atom stereocenters. The quantitative estimate of drug-likeness (QED) is 0.300. The summed E-state index contributed by atoms with van der Waals surface area (Å²) in [5.41, 5.74) is 4.86. The number of guanidine groups is 1. The maximum Gasteiger partial charge on any atom is 0.246 e. The van der Waals surface area contributed by atoms with Crippen molar-refractivity contribution in [3.63, 3.8) is 0 Å². The molecule has 0 bridgehead atoms. The summed E-state index contributed by atoms with van der Waals surface area (Å²) in [4.78, 5) is 3.96. The first-order valence-electron chi connectivity index (χ1n) is 7.30. The van der Waals surface area contributed by atoms with Gasteiger partial charge in [0.15, 0.2) is 6.72 Å². The van der Waals surface area contributed by atoms with E-state index in [1.807, 2.05) is 30.3 Å². The van der Waals surface area contributed by atoms with Gasteiger partial charge in [-0.05, 0) is 16.3 Å². The molecule has 114 valence electrons. The maximum absolute atomic E-state index is 8.01. The fourth-order valence-corrected chi connectivity index (χ4v) is 2.39. The average Bonchev–Trinajstić information content (AvgIpc) is 2.60. The molecule has 0 aliphatic rings. The molecule has 0 amide bonds. The van der Waals surface area contributed by atoms with Gasteiger partial charge in [0.2, 0.25) is 11.6 Å². The maximum atomic E-state index is 8.01. The van der Waals surface area contributed by atoms with E-state index in [-0.39, 0.29) is 5.96 Å². The van der Waals surface area contributed by atoms with Crippen LogP contribution in [0.5, 0.6) is 0 Å². The van der Waals surface area contributed by atoms with Crippen LogP contribution in [0.15, 0.2) is 67.0 Å². The van der Waals surface area contributed by atoms with Crippen molar-refractivity contribution in [1.29, 1.82) is 5.41 Å². The molecule has 5 nitrogen and oxygen atoms in total. The Morgan fingerprint density at radius 2 is 1.78 bits per heavy atom. The second-order valence-electron chi connectivity index (χ2n) is 5.11. The molecule has 0 saturated carbocycles. The summed E-state index contributed by atoms with van der Waals surface area (Å²) in [6.07, 6.45) is 3.37. The van der Waals surface area contributed by atoms with Gasteiger partial charge in [0.05, 0.1) is 0 Å². The van der Waals surface area contributed by atoms with Crippen LogP contribution in [0.3, 0.4) is 0 Å². The van der Waals surface area contributed by atoms with Gasteiger partial charge in [-0.3, -0.25) is 10.4 Å². The number of nitrogens with zero attached hydrogens (tertiary/aromatic N) is 2. The number of hydrazine groups is 1. The van der Waals surface area contributed by atoms with Crippen molar-refractivity contribution in [3.05, 3.63) is 72.6 Å². The molecule has 0 spiro atoms. The first kappa shape index (κ1) is 14.7. The van der Waals surface area contributed by atoms with Gasteiger partial charge in [0.25, 0.3) is 0 Å². The van der Waals surface area contributed by atoms with E-state index in [1.165, 1.54) is 15.5 Å². The average molecular weight is 304 g/mol. The second kappa shape index (κ2) is 6.70. The number of fused-ring (bicyclic) bond motifs is 1. The minimum absolute atomic E-state index is 0.185. The van der Waals surface area contributed by atoms with Crippen molar-refractivity contribution in [3.8, 4) is 0 Å². The number of hydrogen-bond donors (Lipinski definition) is 3. The first-order chi connectivity index (χ1) is 11.2. The van der Waals surface area contributed by atoms with Crippen molar-refractivity contribution in [2.24, 2.45) is 0 Å². The number of hydrazone groups is 1. The van der Waals surface area contributed by atoms with Gasteiger partial charge in [0, 0.05) is 31.1 Å². The third-order valence-electron chi connectivity index (χ3n) is 3.56. The van der Waals surface area contributed by atoms with Gasteiger partial charge >= 0.3 is 0 Å². The Bertz CT molecular complexity index is 837. The molecule has 3 N–H and O–H groups in total. The van der Waals surface area contributed by atoms with Crippen molar-refractivity contribution in [1.82, 2.24) is 15.7 Å². The van der Waals surface area contributed by atoms with Gasteiger partial charge in [0.1, 0.15) is 0 Å². The summed E-state index contributed by atoms with van der Waals surface area (Å²) in [6, 6.07) is 18.0. The third-order valence-corrected chi connectivity index (χ3v) is 3.56. The summed E-state index contributed by atoms with van der Waals surface area (Å²) in [7, 11) is 0. The van der Waals surface area contributed by atoms with E-state index >= 15 is 0 Å². The lowest BCUT2D eigenvalue weighted by atomic mass is 10.0.